The zero-order valence-corrected chi connectivity index (χ0v) is 10.8. The topological polar surface area (TPSA) is 72.2 Å². The third-order valence-electron chi connectivity index (χ3n) is 3.53. The van der Waals surface area contributed by atoms with Crippen LogP contribution < -0.4 is 5.32 Å². The van der Waals surface area contributed by atoms with Gasteiger partial charge in [0.25, 0.3) is 0 Å². The fourth-order valence-electron chi connectivity index (χ4n) is 2.28. The molecule has 5 nitrogen and oxygen atoms in total. The van der Waals surface area contributed by atoms with Crippen LogP contribution in [0.3, 0.4) is 0 Å². The van der Waals surface area contributed by atoms with E-state index in [4.69, 9.17) is 4.52 Å². The van der Waals surface area contributed by atoms with Gasteiger partial charge in [-0.2, -0.15) is 0 Å². The Morgan fingerprint density at radius 3 is 2.61 bits per heavy atom. The summed E-state index contributed by atoms with van der Waals surface area (Å²) < 4.78 is 5.04. The molecule has 1 N–H and O–H groups in total. The van der Waals surface area contributed by atoms with Gasteiger partial charge in [0.1, 0.15) is 11.5 Å². The first-order chi connectivity index (χ1) is 8.58. The Labute approximate surface area is 106 Å². The Kier molecular flexibility index (Phi) is 3.79. The summed E-state index contributed by atoms with van der Waals surface area (Å²) in [6.45, 7) is 4.14. The summed E-state index contributed by atoms with van der Waals surface area (Å²) in [6, 6.07) is 0. The molecule has 0 bridgehead atoms. The van der Waals surface area contributed by atoms with Gasteiger partial charge >= 0.3 is 0 Å². The Bertz CT molecular complexity index is 435. The van der Waals surface area contributed by atoms with Gasteiger partial charge in [-0.15, -0.1) is 0 Å². The number of amides is 1. The van der Waals surface area contributed by atoms with Gasteiger partial charge in [-0.3, -0.25) is 9.59 Å². The number of nitrogens with zero attached hydrogens (tertiary/aromatic N) is 1. The van der Waals surface area contributed by atoms with Crippen LogP contribution in [-0.4, -0.2) is 16.8 Å². The van der Waals surface area contributed by atoms with Crippen molar-refractivity contribution < 1.29 is 14.1 Å². The molecular weight excluding hydrogens is 232 g/mol. The highest BCUT2D eigenvalue weighted by Crippen LogP contribution is 2.21. The zero-order valence-electron chi connectivity index (χ0n) is 10.8. The van der Waals surface area contributed by atoms with Crippen molar-refractivity contribution in [2.24, 2.45) is 5.92 Å². The molecule has 1 amide bonds. The third-order valence-corrected chi connectivity index (χ3v) is 3.53. The maximum atomic E-state index is 11.9. The predicted molar refractivity (Wildman–Crippen MR) is 64.8 cm³/mol. The fraction of sp³-hybridized carbons (Fsp3) is 0.615. The summed E-state index contributed by atoms with van der Waals surface area (Å²) in [5.74, 6) is 1.02. The van der Waals surface area contributed by atoms with Crippen LogP contribution in [0, 0.1) is 19.8 Å². The van der Waals surface area contributed by atoms with Crippen LogP contribution in [0.1, 0.15) is 42.7 Å². The van der Waals surface area contributed by atoms with Gasteiger partial charge in [-0.1, -0.05) is 5.16 Å². The van der Waals surface area contributed by atoms with E-state index in [0.717, 1.165) is 17.0 Å². The number of nitrogens with one attached hydrogen (secondary N) is 1. The number of carbonyl (C=O) groups excluding carboxylic acids is 2. The largest absolute Gasteiger partial charge is 0.361 e. The van der Waals surface area contributed by atoms with Gasteiger partial charge < -0.3 is 9.84 Å². The molecule has 0 atom stereocenters. The van der Waals surface area contributed by atoms with Crippen molar-refractivity contribution in [2.75, 3.05) is 0 Å². The van der Waals surface area contributed by atoms with E-state index in [1.54, 1.807) is 0 Å². The monoisotopic (exact) mass is 250 g/mol. The van der Waals surface area contributed by atoms with Gasteiger partial charge in [0.15, 0.2) is 0 Å². The lowest BCUT2D eigenvalue weighted by molar-refractivity contribution is -0.128. The zero-order chi connectivity index (χ0) is 13.1. The van der Waals surface area contributed by atoms with E-state index in [1.165, 1.54) is 0 Å². The van der Waals surface area contributed by atoms with E-state index in [0.29, 0.717) is 32.2 Å². The average Bonchev–Trinajstić information content (AvgIpc) is 2.67. The molecule has 0 aliphatic heterocycles. The molecule has 5 heteroatoms. The first kappa shape index (κ1) is 12.8. The second-order valence-corrected chi connectivity index (χ2v) is 4.83. The molecule has 18 heavy (non-hydrogen) atoms. The van der Waals surface area contributed by atoms with Crippen LogP contribution in [-0.2, 0) is 16.1 Å². The molecule has 1 heterocycles. The fourth-order valence-corrected chi connectivity index (χ4v) is 2.28. The van der Waals surface area contributed by atoms with Crippen molar-refractivity contribution in [1.29, 1.82) is 0 Å². The van der Waals surface area contributed by atoms with Crippen molar-refractivity contribution in [3.63, 3.8) is 0 Å². The second-order valence-electron chi connectivity index (χ2n) is 4.83. The lowest BCUT2D eigenvalue weighted by atomic mass is 9.88. The first-order valence-corrected chi connectivity index (χ1v) is 6.29. The Hall–Kier alpha value is -1.65. The third kappa shape index (κ3) is 2.78. The molecule has 1 aromatic heterocycles. The van der Waals surface area contributed by atoms with E-state index in [1.807, 2.05) is 13.8 Å². The SMILES string of the molecule is Cc1noc(C)c1CNC(=O)C1CCC(=O)CC1. The van der Waals surface area contributed by atoms with Gasteiger partial charge in [0.2, 0.25) is 5.91 Å². The summed E-state index contributed by atoms with van der Waals surface area (Å²) in [5.41, 5.74) is 1.75. The minimum atomic E-state index is -0.0248. The van der Waals surface area contributed by atoms with Gasteiger partial charge in [0, 0.05) is 30.9 Å². The molecule has 1 aromatic rings. The average molecular weight is 250 g/mol. The van der Waals surface area contributed by atoms with E-state index in [-0.39, 0.29) is 17.6 Å². The summed E-state index contributed by atoms with van der Waals surface area (Å²) in [7, 11) is 0. The van der Waals surface area contributed by atoms with Crippen LogP contribution >= 0.6 is 0 Å². The number of carbonyl (C=O) groups is 2. The molecule has 0 radical (unpaired) electrons. The molecule has 1 aliphatic carbocycles. The standard InChI is InChI=1S/C13H18N2O3/c1-8-12(9(2)18-15-8)7-14-13(17)10-3-5-11(16)6-4-10/h10H,3-7H2,1-2H3,(H,14,17). The molecule has 98 valence electrons. The number of aryl methyl sites for hydroxylation is 2. The normalized spacial score (nSPS) is 16.9. The molecule has 1 saturated carbocycles. The quantitative estimate of drug-likeness (QED) is 0.885. The van der Waals surface area contributed by atoms with E-state index < -0.39 is 0 Å². The molecule has 0 aromatic carbocycles. The second kappa shape index (κ2) is 5.33. The van der Waals surface area contributed by atoms with E-state index in [2.05, 4.69) is 10.5 Å². The summed E-state index contributed by atoms with van der Waals surface area (Å²) in [4.78, 5) is 23.1. The van der Waals surface area contributed by atoms with E-state index >= 15 is 0 Å². The van der Waals surface area contributed by atoms with Crippen molar-refractivity contribution >= 4 is 11.7 Å². The van der Waals surface area contributed by atoms with Crippen LogP contribution in [0.15, 0.2) is 4.52 Å². The Morgan fingerprint density at radius 1 is 1.39 bits per heavy atom. The lowest BCUT2D eigenvalue weighted by Crippen LogP contribution is -2.33. The lowest BCUT2D eigenvalue weighted by Gasteiger charge is -2.20. The van der Waals surface area contributed by atoms with Crippen LogP contribution in [0.4, 0.5) is 0 Å². The highest BCUT2D eigenvalue weighted by atomic mass is 16.5. The van der Waals surface area contributed by atoms with Gasteiger partial charge in [-0.05, 0) is 26.7 Å². The molecule has 0 spiro atoms. The molecule has 0 unspecified atom stereocenters. The van der Waals surface area contributed by atoms with E-state index in [9.17, 15) is 9.59 Å². The Balaban J connectivity index is 1.87. The van der Waals surface area contributed by atoms with Crippen molar-refractivity contribution in [1.82, 2.24) is 10.5 Å². The highest BCUT2D eigenvalue weighted by Gasteiger charge is 2.24. The summed E-state index contributed by atoms with van der Waals surface area (Å²) in [5, 5.41) is 6.75. The van der Waals surface area contributed by atoms with Crippen molar-refractivity contribution in [2.45, 2.75) is 46.1 Å². The molecular formula is C13H18N2O3. The van der Waals surface area contributed by atoms with Gasteiger partial charge in [0.05, 0.1) is 5.69 Å². The number of Topliss-reactive ketones (excluding diaryl/α,β-unsaturated/α-hetero) is 1. The van der Waals surface area contributed by atoms with Gasteiger partial charge in [-0.25, -0.2) is 0 Å². The highest BCUT2D eigenvalue weighted by molar-refractivity contribution is 5.84. The number of rotatable bonds is 3. The first-order valence-electron chi connectivity index (χ1n) is 6.29. The maximum absolute atomic E-state index is 11.9. The molecule has 1 fully saturated rings. The number of hydrogen-bond donors (Lipinski definition) is 1. The minimum absolute atomic E-state index is 0.0248. The van der Waals surface area contributed by atoms with Crippen LogP contribution in [0.25, 0.3) is 0 Å². The number of aromatic nitrogens is 1. The summed E-state index contributed by atoms with van der Waals surface area (Å²) >= 11 is 0. The Morgan fingerprint density at radius 2 is 2.06 bits per heavy atom. The van der Waals surface area contributed by atoms with Crippen LogP contribution in [0.2, 0.25) is 0 Å². The minimum Gasteiger partial charge on any atom is -0.361 e. The predicted octanol–water partition coefficient (Wildman–Crippen LogP) is 1.67. The maximum Gasteiger partial charge on any atom is 0.223 e. The molecule has 1 aliphatic rings. The number of ketones is 1. The summed E-state index contributed by atoms with van der Waals surface area (Å²) in [6.07, 6.45) is 2.41. The van der Waals surface area contributed by atoms with Crippen LogP contribution in [0.5, 0.6) is 0 Å². The molecule has 2 rings (SSSR count). The van der Waals surface area contributed by atoms with Crippen molar-refractivity contribution in [3.05, 3.63) is 17.0 Å². The molecule has 0 saturated heterocycles. The van der Waals surface area contributed by atoms with Crippen molar-refractivity contribution in [3.8, 4) is 0 Å². The number of hydrogen-bond acceptors (Lipinski definition) is 4. The smallest absolute Gasteiger partial charge is 0.223 e.